The second-order valence-corrected chi connectivity index (χ2v) is 9.92. The zero-order chi connectivity index (χ0) is 30.1. The number of imidazole rings is 1. The number of ether oxygens (including phenoxy) is 2. The highest BCUT2D eigenvalue weighted by molar-refractivity contribution is 5.88. The maximum atomic E-state index is 15.4. The van der Waals surface area contributed by atoms with Gasteiger partial charge in [-0.15, -0.1) is 0 Å². The van der Waals surface area contributed by atoms with Crippen molar-refractivity contribution in [1.82, 2.24) is 19.5 Å². The molecule has 9 nitrogen and oxygen atoms in total. The van der Waals surface area contributed by atoms with Gasteiger partial charge in [0.15, 0.2) is 22.8 Å². The van der Waals surface area contributed by atoms with E-state index in [4.69, 9.17) is 16.0 Å². The Hall–Kier alpha value is -5.28. The second-order valence-electron chi connectivity index (χ2n) is 9.92. The molecule has 0 unspecified atom stereocenters. The lowest BCUT2D eigenvalue weighted by atomic mass is 10.0. The Labute approximate surface area is 243 Å². The molecule has 0 amide bonds. The summed E-state index contributed by atoms with van der Waals surface area (Å²) in [4.78, 5) is 27.7. The Morgan fingerprint density at radius 3 is 2.56 bits per heavy atom. The number of carboxylic acid groups (broad SMARTS) is 1. The number of halogens is 3. The molecular formula is C31H22F3N5O4. The predicted molar refractivity (Wildman–Crippen MR) is 148 cm³/mol. The van der Waals surface area contributed by atoms with Gasteiger partial charge in [-0.1, -0.05) is 18.2 Å². The molecule has 4 heterocycles. The van der Waals surface area contributed by atoms with Crippen LogP contribution in [0.15, 0.2) is 60.7 Å². The van der Waals surface area contributed by atoms with Crippen molar-refractivity contribution in [2.45, 2.75) is 32.1 Å². The minimum absolute atomic E-state index is 0.0545. The molecule has 0 radical (unpaired) electrons. The van der Waals surface area contributed by atoms with Crippen LogP contribution in [0.1, 0.15) is 33.9 Å². The van der Waals surface area contributed by atoms with Crippen LogP contribution >= 0.6 is 0 Å². The molecule has 1 aliphatic rings. The van der Waals surface area contributed by atoms with Crippen molar-refractivity contribution in [3.8, 4) is 17.1 Å². The molecule has 6 rings (SSSR count). The van der Waals surface area contributed by atoms with Gasteiger partial charge < -0.3 is 19.1 Å². The highest BCUT2D eigenvalue weighted by Crippen LogP contribution is 2.28. The monoisotopic (exact) mass is 585 g/mol. The van der Waals surface area contributed by atoms with Gasteiger partial charge in [-0.3, -0.25) is 0 Å². The van der Waals surface area contributed by atoms with Crippen LogP contribution in [0.25, 0.3) is 27.3 Å². The lowest BCUT2D eigenvalue weighted by Crippen LogP contribution is -2.32. The average Bonchev–Trinajstić information content (AvgIpc) is 3.31. The van der Waals surface area contributed by atoms with Crippen LogP contribution in [0, 0.1) is 24.0 Å². The fourth-order valence-corrected chi connectivity index (χ4v) is 4.73. The van der Waals surface area contributed by atoms with Crippen LogP contribution in [0.3, 0.4) is 0 Å². The van der Waals surface area contributed by atoms with E-state index in [0.717, 1.165) is 18.6 Å². The molecular weight excluding hydrogens is 563 g/mol. The van der Waals surface area contributed by atoms with Crippen molar-refractivity contribution in [3.63, 3.8) is 0 Å². The molecule has 0 saturated carbocycles. The Kier molecular flexibility index (Phi) is 7.48. The zero-order valence-electron chi connectivity index (χ0n) is 22.4. The number of aromatic nitrogens is 4. The number of nitrogens with zero attached hydrogens (tertiary/aromatic N) is 5. The maximum Gasteiger partial charge on any atom is 0.354 e. The van der Waals surface area contributed by atoms with Gasteiger partial charge in [-0.2, -0.15) is 0 Å². The fraction of sp³-hybridized carbons (Fsp3) is 0.194. The van der Waals surface area contributed by atoms with Crippen molar-refractivity contribution in [2.24, 2.45) is 0 Å². The molecule has 0 spiro atoms. The molecule has 0 aliphatic carbocycles. The molecule has 0 bridgehead atoms. The summed E-state index contributed by atoms with van der Waals surface area (Å²) < 4.78 is 56.9. The van der Waals surface area contributed by atoms with Gasteiger partial charge in [-0.25, -0.2) is 37.8 Å². The Morgan fingerprint density at radius 1 is 1.02 bits per heavy atom. The van der Waals surface area contributed by atoms with E-state index in [1.807, 2.05) is 0 Å². The minimum atomic E-state index is -1.15. The van der Waals surface area contributed by atoms with Crippen molar-refractivity contribution >= 4 is 22.8 Å². The van der Waals surface area contributed by atoms with Crippen LogP contribution in [0.4, 0.5) is 18.9 Å². The van der Waals surface area contributed by atoms with Gasteiger partial charge in [0.1, 0.15) is 29.6 Å². The predicted octanol–water partition coefficient (Wildman–Crippen LogP) is 6.12. The van der Waals surface area contributed by atoms with E-state index >= 15 is 4.39 Å². The van der Waals surface area contributed by atoms with Crippen LogP contribution in [-0.2, 0) is 24.3 Å². The summed E-state index contributed by atoms with van der Waals surface area (Å²) in [5.74, 6) is -3.08. The van der Waals surface area contributed by atoms with E-state index in [1.165, 1.54) is 36.4 Å². The summed E-state index contributed by atoms with van der Waals surface area (Å²) >= 11 is 0. The number of hydrogen-bond donors (Lipinski definition) is 1. The third-order valence-corrected chi connectivity index (χ3v) is 7.09. The molecule has 1 saturated heterocycles. The van der Waals surface area contributed by atoms with E-state index in [-0.39, 0.29) is 47.3 Å². The smallest absolute Gasteiger partial charge is 0.354 e. The molecule has 43 heavy (non-hydrogen) atoms. The normalized spacial score (nSPS) is 14.3. The summed E-state index contributed by atoms with van der Waals surface area (Å²) in [5, 5.41) is 9.39. The summed E-state index contributed by atoms with van der Waals surface area (Å²) in [6.45, 7) is 7.69. The molecule has 216 valence electrons. The van der Waals surface area contributed by atoms with Crippen molar-refractivity contribution < 1.29 is 32.5 Å². The fourth-order valence-electron chi connectivity index (χ4n) is 4.73. The first-order valence-corrected chi connectivity index (χ1v) is 13.2. The molecule has 1 N–H and O–H groups in total. The van der Waals surface area contributed by atoms with E-state index in [2.05, 4.69) is 19.8 Å². The number of benzene rings is 2. The van der Waals surface area contributed by atoms with Gasteiger partial charge in [0.25, 0.3) is 5.88 Å². The van der Waals surface area contributed by atoms with E-state index in [9.17, 15) is 18.7 Å². The summed E-state index contributed by atoms with van der Waals surface area (Å²) in [6.07, 6.45) is 1.02. The van der Waals surface area contributed by atoms with Crippen molar-refractivity contribution in [1.29, 1.82) is 0 Å². The van der Waals surface area contributed by atoms with Crippen molar-refractivity contribution in [2.75, 3.05) is 6.61 Å². The average molecular weight is 586 g/mol. The maximum absolute atomic E-state index is 15.4. The van der Waals surface area contributed by atoms with Gasteiger partial charge in [0, 0.05) is 24.2 Å². The van der Waals surface area contributed by atoms with Crippen LogP contribution in [0.5, 0.6) is 5.88 Å². The Morgan fingerprint density at radius 2 is 1.86 bits per heavy atom. The summed E-state index contributed by atoms with van der Waals surface area (Å²) in [7, 11) is 0. The van der Waals surface area contributed by atoms with E-state index < -0.39 is 29.3 Å². The van der Waals surface area contributed by atoms with Crippen molar-refractivity contribution in [3.05, 3.63) is 112 Å². The summed E-state index contributed by atoms with van der Waals surface area (Å²) in [5.41, 5.74) is 1.86. The van der Waals surface area contributed by atoms with E-state index in [1.54, 1.807) is 16.7 Å². The second kappa shape index (κ2) is 11.5. The minimum Gasteiger partial charge on any atom is -0.477 e. The molecule has 3 aromatic heterocycles. The number of aromatic carboxylic acids is 1. The number of rotatable bonds is 9. The van der Waals surface area contributed by atoms with E-state index in [0.29, 0.717) is 35.7 Å². The van der Waals surface area contributed by atoms with Gasteiger partial charge in [-0.05, 0) is 54.4 Å². The lowest BCUT2D eigenvalue weighted by molar-refractivity contribution is -0.0590. The number of pyridine rings is 2. The number of carboxylic acids is 1. The summed E-state index contributed by atoms with van der Waals surface area (Å²) in [6, 6.07) is 13.8. The number of carbonyl (C=O) groups is 1. The largest absolute Gasteiger partial charge is 0.477 e. The number of hydrogen-bond acceptors (Lipinski definition) is 6. The molecule has 2 aromatic carbocycles. The quantitative estimate of drug-likeness (QED) is 0.208. The molecule has 1 atom stereocenters. The van der Waals surface area contributed by atoms with Gasteiger partial charge in [0.05, 0.1) is 24.9 Å². The molecule has 1 aliphatic heterocycles. The first-order chi connectivity index (χ1) is 20.8. The standard InChI is InChI=1S/C31H22F3N5O4/c1-35-19-4-3-18(23(33)14-19)16-43-30-22(32)6-7-25(38-30)21-5-2-17(12-24(21)34)13-28-36-26-8-9-27(31(40)41)37-29(26)39(28)15-20-10-11-42-20/h2-9,12,14,20H,10-11,13,15-16H2,(H,40,41)/t20-/m0/s1. The number of fused-ring (bicyclic) bond motifs is 1. The van der Waals surface area contributed by atoms with Gasteiger partial charge >= 0.3 is 5.97 Å². The lowest BCUT2D eigenvalue weighted by Gasteiger charge is -2.27. The Balaban J connectivity index is 1.25. The van der Waals surface area contributed by atoms with Gasteiger partial charge in [0.2, 0.25) is 0 Å². The molecule has 5 aromatic rings. The SMILES string of the molecule is [C-]#[N+]c1ccc(COc2nc(-c3ccc(Cc4nc5ccc(C(=O)O)nc5n4C[C@@H]4CCO4)cc3F)ccc2F)c(F)c1. The highest BCUT2D eigenvalue weighted by atomic mass is 19.1. The van der Waals surface area contributed by atoms with Crippen LogP contribution in [-0.4, -0.2) is 43.3 Å². The zero-order valence-corrected chi connectivity index (χ0v) is 22.4. The third-order valence-electron chi connectivity index (χ3n) is 7.09. The third kappa shape index (κ3) is 5.75. The Bertz CT molecular complexity index is 1920. The first-order valence-electron chi connectivity index (χ1n) is 13.2. The first kappa shape index (κ1) is 27.9. The van der Waals surface area contributed by atoms with Crippen LogP contribution < -0.4 is 4.74 Å². The van der Waals surface area contributed by atoms with Crippen LogP contribution in [0.2, 0.25) is 0 Å². The molecule has 1 fully saturated rings. The molecule has 12 heteroatoms. The highest BCUT2D eigenvalue weighted by Gasteiger charge is 2.23. The topological polar surface area (TPSA) is 104 Å².